The highest BCUT2D eigenvalue weighted by atomic mass is 32.2. The van der Waals surface area contributed by atoms with Crippen molar-refractivity contribution in [1.82, 2.24) is 14.5 Å². The SMILES string of the molecule is CCOC(=O)NC(Cc1ccccc1)C(=O)N1CCC2(CCN(S(=O)(=O)c3cccs3)CC2)C1. The van der Waals surface area contributed by atoms with Crippen molar-refractivity contribution < 1.29 is 22.7 Å². The van der Waals surface area contributed by atoms with E-state index in [9.17, 15) is 18.0 Å². The number of nitrogens with one attached hydrogen (secondary N) is 1. The first-order valence-corrected chi connectivity index (χ1v) is 13.9. The fourth-order valence-corrected chi connectivity index (χ4v) is 7.44. The molecule has 0 saturated carbocycles. The van der Waals surface area contributed by atoms with Crippen LogP contribution in [0.5, 0.6) is 0 Å². The van der Waals surface area contributed by atoms with E-state index in [0.29, 0.717) is 36.8 Å². The molecule has 0 aliphatic carbocycles. The molecule has 4 rings (SSSR count). The van der Waals surface area contributed by atoms with Crippen molar-refractivity contribution >= 4 is 33.4 Å². The van der Waals surface area contributed by atoms with Crippen molar-refractivity contribution in [3.63, 3.8) is 0 Å². The number of rotatable bonds is 7. The molecule has 34 heavy (non-hydrogen) atoms. The maximum atomic E-state index is 13.4. The first-order valence-electron chi connectivity index (χ1n) is 11.6. The van der Waals surface area contributed by atoms with Gasteiger partial charge >= 0.3 is 6.09 Å². The van der Waals surface area contributed by atoms with Gasteiger partial charge in [-0.15, -0.1) is 11.3 Å². The van der Waals surface area contributed by atoms with E-state index in [2.05, 4.69) is 5.32 Å². The molecular weight excluding hydrogens is 474 g/mol. The molecule has 2 saturated heterocycles. The Bertz CT molecular complexity index is 1080. The third kappa shape index (κ3) is 5.45. The van der Waals surface area contributed by atoms with Crippen molar-refractivity contribution in [3.05, 3.63) is 53.4 Å². The maximum Gasteiger partial charge on any atom is 0.407 e. The number of alkyl carbamates (subject to hydrolysis) is 1. The average Bonchev–Trinajstić information content (AvgIpc) is 3.51. The standard InChI is InChI=1S/C24H31N3O5S2/c1-2-32-23(29)25-20(17-19-7-4-3-5-8-19)22(28)26-13-10-24(18-26)11-14-27(15-12-24)34(30,31)21-9-6-16-33-21/h3-9,16,20H,2,10-15,17-18H2,1H3,(H,25,29). The molecule has 1 aromatic heterocycles. The molecule has 1 unspecified atom stereocenters. The number of nitrogens with zero attached hydrogens (tertiary/aromatic N) is 2. The summed E-state index contributed by atoms with van der Waals surface area (Å²) in [6.45, 7) is 4.05. The van der Waals surface area contributed by atoms with Crippen molar-refractivity contribution in [1.29, 1.82) is 0 Å². The highest BCUT2D eigenvalue weighted by molar-refractivity contribution is 7.91. The molecule has 1 spiro atoms. The van der Waals surface area contributed by atoms with Gasteiger partial charge in [-0.25, -0.2) is 13.2 Å². The lowest BCUT2D eigenvalue weighted by atomic mass is 9.78. The summed E-state index contributed by atoms with van der Waals surface area (Å²) in [5, 5.41) is 4.51. The summed E-state index contributed by atoms with van der Waals surface area (Å²) in [5.41, 5.74) is 0.872. The lowest BCUT2D eigenvalue weighted by molar-refractivity contribution is -0.132. The van der Waals surface area contributed by atoms with Crippen LogP contribution >= 0.6 is 11.3 Å². The van der Waals surface area contributed by atoms with Gasteiger partial charge in [-0.05, 0) is 48.6 Å². The van der Waals surface area contributed by atoms with Crippen LogP contribution in [0, 0.1) is 5.41 Å². The number of hydrogen-bond donors (Lipinski definition) is 1. The number of carbonyl (C=O) groups is 2. The Kier molecular flexibility index (Phi) is 7.59. The minimum absolute atomic E-state index is 0.0850. The highest BCUT2D eigenvalue weighted by Crippen LogP contribution is 2.42. The first kappa shape index (κ1) is 24.7. The lowest BCUT2D eigenvalue weighted by Gasteiger charge is -2.38. The number of carbonyl (C=O) groups excluding carboxylic acids is 2. The summed E-state index contributed by atoms with van der Waals surface area (Å²) in [6, 6.07) is 12.3. The van der Waals surface area contributed by atoms with Crippen molar-refractivity contribution in [2.45, 2.75) is 42.9 Å². The van der Waals surface area contributed by atoms with Crippen LogP contribution < -0.4 is 5.32 Å². The van der Waals surface area contributed by atoms with Gasteiger partial charge in [-0.2, -0.15) is 4.31 Å². The summed E-state index contributed by atoms with van der Waals surface area (Å²) in [6.07, 6.45) is 2.06. The number of benzene rings is 1. The third-order valence-corrected chi connectivity index (χ3v) is 10.0. The summed E-state index contributed by atoms with van der Waals surface area (Å²) >= 11 is 1.24. The van der Waals surface area contributed by atoms with Gasteiger partial charge in [0, 0.05) is 32.6 Å². The Morgan fingerprint density at radius 1 is 1.09 bits per heavy atom. The van der Waals surface area contributed by atoms with E-state index in [1.54, 1.807) is 28.7 Å². The van der Waals surface area contributed by atoms with Crippen LogP contribution in [-0.2, 0) is 26.0 Å². The summed E-state index contributed by atoms with van der Waals surface area (Å²) in [7, 11) is -3.45. The summed E-state index contributed by atoms with van der Waals surface area (Å²) < 4.78 is 32.7. The van der Waals surface area contributed by atoms with Crippen LogP contribution in [0.4, 0.5) is 4.79 Å². The minimum atomic E-state index is -3.45. The topological polar surface area (TPSA) is 96.0 Å². The Morgan fingerprint density at radius 3 is 2.44 bits per heavy atom. The molecule has 8 nitrogen and oxygen atoms in total. The zero-order valence-corrected chi connectivity index (χ0v) is 20.9. The molecule has 3 heterocycles. The van der Waals surface area contributed by atoms with Crippen LogP contribution in [0.1, 0.15) is 31.7 Å². The number of thiophene rings is 1. The fraction of sp³-hybridized carbons (Fsp3) is 0.500. The molecule has 1 atom stereocenters. The largest absolute Gasteiger partial charge is 0.450 e. The van der Waals surface area contributed by atoms with Gasteiger partial charge in [0.05, 0.1) is 6.61 Å². The van der Waals surface area contributed by atoms with Crippen LogP contribution in [0.3, 0.4) is 0 Å². The van der Waals surface area contributed by atoms with E-state index < -0.39 is 22.2 Å². The van der Waals surface area contributed by atoms with E-state index >= 15 is 0 Å². The maximum absolute atomic E-state index is 13.4. The van der Waals surface area contributed by atoms with Gasteiger partial charge < -0.3 is 15.0 Å². The number of ether oxygens (including phenoxy) is 1. The second-order valence-corrected chi connectivity index (χ2v) is 12.1. The molecule has 2 aliphatic rings. The monoisotopic (exact) mass is 505 g/mol. The Labute approximate surface area is 204 Å². The summed E-state index contributed by atoms with van der Waals surface area (Å²) in [5.74, 6) is -0.123. The quantitative estimate of drug-likeness (QED) is 0.624. The van der Waals surface area contributed by atoms with Gasteiger partial charge in [0.15, 0.2) is 0 Å². The number of hydrogen-bond acceptors (Lipinski definition) is 6. The average molecular weight is 506 g/mol. The lowest BCUT2D eigenvalue weighted by Crippen LogP contribution is -2.50. The molecule has 2 aliphatic heterocycles. The van der Waals surface area contributed by atoms with E-state index in [1.165, 1.54) is 11.3 Å². The van der Waals surface area contributed by atoms with Gasteiger partial charge in [0.1, 0.15) is 10.3 Å². The first-order chi connectivity index (χ1) is 16.3. The molecular formula is C24H31N3O5S2. The second-order valence-electron chi connectivity index (χ2n) is 8.95. The smallest absolute Gasteiger partial charge is 0.407 e. The predicted molar refractivity (Wildman–Crippen MR) is 130 cm³/mol. The predicted octanol–water partition coefficient (Wildman–Crippen LogP) is 3.11. The summed E-state index contributed by atoms with van der Waals surface area (Å²) in [4.78, 5) is 27.4. The molecule has 10 heteroatoms. The molecule has 1 aromatic carbocycles. The number of sulfonamides is 1. The van der Waals surface area contributed by atoms with Gasteiger partial charge in [0.2, 0.25) is 5.91 Å². The van der Waals surface area contributed by atoms with Gasteiger partial charge in [-0.1, -0.05) is 36.4 Å². The molecule has 2 amide bonds. The molecule has 184 valence electrons. The number of likely N-dealkylation sites (tertiary alicyclic amines) is 1. The number of piperidine rings is 1. The van der Waals surface area contributed by atoms with Gasteiger partial charge in [-0.3, -0.25) is 4.79 Å². The van der Waals surface area contributed by atoms with E-state index in [4.69, 9.17) is 4.74 Å². The van der Waals surface area contributed by atoms with Crippen molar-refractivity contribution in [2.24, 2.45) is 5.41 Å². The third-order valence-electron chi connectivity index (χ3n) is 6.77. The van der Waals surface area contributed by atoms with Crippen LogP contribution in [0.15, 0.2) is 52.1 Å². The van der Waals surface area contributed by atoms with Crippen LogP contribution in [0.25, 0.3) is 0 Å². The van der Waals surface area contributed by atoms with Gasteiger partial charge in [0.25, 0.3) is 10.0 Å². The van der Waals surface area contributed by atoms with Crippen molar-refractivity contribution in [3.8, 4) is 0 Å². The van der Waals surface area contributed by atoms with E-state index in [0.717, 1.165) is 24.8 Å². The van der Waals surface area contributed by atoms with Crippen LogP contribution in [-0.4, -0.2) is 68.5 Å². The molecule has 0 radical (unpaired) electrons. The Balaban J connectivity index is 1.40. The minimum Gasteiger partial charge on any atom is -0.450 e. The molecule has 1 N–H and O–H groups in total. The number of amides is 2. The molecule has 0 bridgehead atoms. The van der Waals surface area contributed by atoms with Crippen molar-refractivity contribution in [2.75, 3.05) is 32.8 Å². The normalized spacial score (nSPS) is 19.1. The fourth-order valence-electron chi connectivity index (χ4n) is 4.86. The zero-order chi connectivity index (χ0) is 24.2. The zero-order valence-electron chi connectivity index (χ0n) is 19.3. The Hall–Kier alpha value is -2.43. The Morgan fingerprint density at radius 2 is 1.79 bits per heavy atom. The van der Waals surface area contributed by atoms with E-state index in [-0.39, 0.29) is 17.9 Å². The van der Waals surface area contributed by atoms with E-state index in [1.807, 2.05) is 35.2 Å². The highest BCUT2D eigenvalue weighted by Gasteiger charge is 2.45. The molecule has 2 fully saturated rings. The second kappa shape index (κ2) is 10.5. The van der Waals surface area contributed by atoms with Crippen LogP contribution in [0.2, 0.25) is 0 Å². The molecule has 2 aromatic rings.